The summed E-state index contributed by atoms with van der Waals surface area (Å²) in [6.07, 6.45) is 5.05. The molecule has 4 atom stereocenters. The minimum Gasteiger partial charge on any atom is -0.374 e. The first-order valence-electron chi connectivity index (χ1n) is 10.7. The Bertz CT molecular complexity index is 596. The summed E-state index contributed by atoms with van der Waals surface area (Å²) in [5, 5.41) is 0. The highest BCUT2D eigenvalue weighted by atomic mass is 16.5. The summed E-state index contributed by atoms with van der Waals surface area (Å²) in [6.45, 7) is 13.5. The van der Waals surface area contributed by atoms with E-state index in [1.807, 2.05) is 0 Å². The Morgan fingerprint density at radius 3 is 1.26 bits per heavy atom. The van der Waals surface area contributed by atoms with E-state index in [1.165, 1.54) is 22.3 Å². The predicted molar refractivity (Wildman–Crippen MR) is 118 cm³/mol. The van der Waals surface area contributed by atoms with Gasteiger partial charge < -0.3 is 4.74 Å². The molecule has 27 heavy (non-hydrogen) atoms. The second-order valence-electron chi connectivity index (χ2n) is 8.19. The van der Waals surface area contributed by atoms with Crippen molar-refractivity contribution in [1.82, 2.24) is 0 Å². The van der Waals surface area contributed by atoms with Gasteiger partial charge in [-0.25, -0.2) is 0 Å². The van der Waals surface area contributed by atoms with Crippen molar-refractivity contribution in [1.29, 1.82) is 0 Å². The average molecular weight is 367 g/mol. The molecule has 0 aromatic heterocycles. The van der Waals surface area contributed by atoms with Crippen LogP contribution in [-0.4, -0.2) is 12.2 Å². The van der Waals surface area contributed by atoms with Gasteiger partial charge in [-0.2, -0.15) is 0 Å². The number of ether oxygens (including phenoxy) is 1. The normalized spacial score (nSPS) is 15.9. The summed E-state index contributed by atoms with van der Waals surface area (Å²) < 4.78 is 6.82. The van der Waals surface area contributed by atoms with E-state index in [4.69, 9.17) is 4.74 Å². The molecule has 0 aliphatic heterocycles. The van der Waals surface area contributed by atoms with E-state index in [0.29, 0.717) is 11.8 Å². The van der Waals surface area contributed by atoms with Gasteiger partial charge in [0.15, 0.2) is 0 Å². The second kappa shape index (κ2) is 10.7. The molecule has 2 aromatic rings. The Labute approximate surface area is 167 Å². The van der Waals surface area contributed by atoms with E-state index in [1.54, 1.807) is 0 Å². The van der Waals surface area contributed by atoms with E-state index in [-0.39, 0.29) is 12.2 Å². The van der Waals surface area contributed by atoms with E-state index in [0.717, 1.165) is 25.7 Å². The van der Waals surface area contributed by atoms with Crippen LogP contribution >= 0.6 is 0 Å². The van der Waals surface area contributed by atoms with Crippen molar-refractivity contribution in [2.24, 2.45) is 0 Å². The largest absolute Gasteiger partial charge is 0.374 e. The third-order valence-electron chi connectivity index (χ3n) is 5.82. The van der Waals surface area contributed by atoms with E-state index in [2.05, 4.69) is 90.1 Å². The maximum absolute atomic E-state index is 6.82. The van der Waals surface area contributed by atoms with Crippen LogP contribution in [0.1, 0.15) is 87.5 Å². The van der Waals surface area contributed by atoms with Gasteiger partial charge in [-0.05, 0) is 37.8 Å². The van der Waals surface area contributed by atoms with Gasteiger partial charge in [-0.1, -0.05) is 100 Å². The summed E-state index contributed by atoms with van der Waals surface area (Å²) in [5.41, 5.74) is 5.40. The molecular weight excluding hydrogens is 328 g/mol. The van der Waals surface area contributed by atoms with Crippen molar-refractivity contribution in [3.63, 3.8) is 0 Å². The van der Waals surface area contributed by atoms with Gasteiger partial charge in [0.05, 0.1) is 12.2 Å². The standard InChI is InChI=1S/C26H38O/c1-7-9-25(21(5)23-15-11-19(3)12-16-23)27-26(10-8-2)22(6)24-17-13-20(4)14-18-24/h11-18,21-22,25-26H,7-10H2,1-6H3. The third kappa shape index (κ3) is 6.21. The molecule has 0 aliphatic rings. The summed E-state index contributed by atoms with van der Waals surface area (Å²) in [6, 6.07) is 17.9. The average Bonchev–Trinajstić information content (AvgIpc) is 2.67. The molecule has 1 nitrogen and oxygen atoms in total. The molecule has 0 fully saturated rings. The van der Waals surface area contributed by atoms with Gasteiger partial charge in [0.25, 0.3) is 0 Å². The minimum absolute atomic E-state index is 0.266. The molecule has 0 heterocycles. The molecule has 0 saturated heterocycles. The highest BCUT2D eigenvalue weighted by Gasteiger charge is 2.26. The Morgan fingerprint density at radius 2 is 0.963 bits per heavy atom. The van der Waals surface area contributed by atoms with Crippen molar-refractivity contribution in [3.05, 3.63) is 70.8 Å². The molecular formula is C26H38O. The van der Waals surface area contributed by atoms with Gasteiger partial charge >= 0.3 is 0 Å². The Kier molecular flexibility index (Phi) is 8.57. The quantitative estimate of drug-likeness (QED) is 0.421. The number of aryl methyl sites for hydroxylation is 2. The molecule has 2 aromatic carbocycles. The van der Waals surface area contributed by atoms with Crippen molar-refractivity contribution in [3.8, 4) is 0 Å². The lowest BCUT2D eigenvalue weighted by Crippen LogP contribution is -2.30. The maximum atomic E-state index is 6.82. The maximum Gasteiger partial charge on any atom is 0.0644 e. The monoisotopic (exact) mass is 366 g/mol. The SMILES string of the molecule is CCCC(OC(CCC)C(C)c1ccc(C)cc1)C(C)c1ccc(C)cc1. The fourth-order valence-corrected chi connectivity index (χ4v) is 3.83. The van der Waals surface area contributed by atoms with E-state index < -0.39 is 0 Å². The predicted octanol–water partition coefficient (Wildman–Crippen LogP) is 7.56. The Morgan fingerprint density at radius 1 is 0.630 bits per heavy atom. The minimum atomic E-state index is 0.266. The van der Waals surface area contributed by atoms with Gasteiger partial charge in [0.2, 0.25) is 0 Å². The van der Waals surface area contributed by atoms with Crippen LogP contribution < -0.4 is 0 Å². The number of hydrogen-bond acceptors (Lipinski definition) is 1. The van der Waals surface area contributed by atoms with Gasteiger partial charge in [-0.3, -0.25) is 0 Å². The highest BCUT2D eigenvalue weighted by molar-refractivity contribution is 5.26. The van der Waals surface area contributed by atoms with Crippen molar-refractivity contribution in [2.45, 2.75) is 91.3 Å². The van der Waals surface area contributed by atoms with Crippen molar-refractivity contribution >= 4 is 0 Å². The molecule has 0 spiro atoms. The van der Waals surface area contributed by atoms with Crippen LogP contribution in [-0.2, 0) is 4.74 Å². The lowest BCUT2D eigenvalue weighted by Gasteiger charge is -2.33. The lowest BCUT2D eigenvalue weighted by molar-refractivity contribution is -0.0426. The van der Waals surface area contributed by atoms with Crippen LogP contribution in [0.5, 0.6) is 0 Å². The third-order valence-corrected chi connectivity index (χ3v) is 5.82. The topological polar surface area (TPSA) is 9.23 Å². The van der Waals surface area contributed by atoms with Crippen LogP contribution in [0.4, 0.5) is 0 Å². The molecule has 1 heteroatoms. The summed E-state index contributed by atoms with van der Waals surface area (Å²) in [7, 11) is 0. The molecule has 0 radical (unpaired) electrons. The van der Waals surface area contributed by atoms with Crippen LogP contribution in [0, 0.1) is 13.8 Å². The fourth-order valence-electron chi connectivity index (χ4n) is 3.83. The zero-order chi connectivity index (χ0) is 19.8. The highest BCUT2D eigenvalue weighted by Crippen LogP contribution is 2.32. The van der Waals surface area contributed by atoms with Gasteiger partial charge in [0.1, 0.15) is 0 Å². The van der Waals surface area contributed by atoms with Crippen molar-refractivity contribution in [2.75, 3.05) is 0 Å². The zero-order valence-electron chi connectivity index (χ0n) is 18.2. The van der Waals surface area contributed by atoms with Crippen LogP contribution in [0.3, 0.4) is 0 Å². The molecule has 0 bridgehead atoms. The Balaban J connectivity index is 2.18. The van der Waals surface area contributed by atoms with Crippen LogP contribution in [0.15, 0.2) is 48.5 Å². The molecule has 2 rings (SSSR count). The van der Waals surface area contributed by atoms with Crippen LogP contribution in [0.2, 0.25) is 0 Å². The summed E-state index contributed by atoms with van der Waals surface area (Å²) in [5.74, 6) is 0.824. The molecule has 0 amide bonds. The second-order valence-corrected chi connectivity index (χ2v) is 8.19. The number of hydrogen-bond donors (Lipinski definition) is 0. The lowest BCUT2D eigenvalue weighted by atomic mass is 9.89. The smallest absolute Gasteiger partial charge is 0.0644 e. The number of benzene rings is 2. The van der Waals surface area contributed by atoms with Crippen molar-refractivity contribution < 1.29 is 4.74 Å². The first kappa shape index (κ1) is 21.7. The summed E-state index contributed by atoms with van der Waals surface area (Å²) >= 11 is 0. The van der Waals surface area contributed by atoms with Gasteiger partial charge in [-0.15, -0.1) is 0 Å². The molecule has 0 N–H and O–H groups in total. The number of rotatable bonds is 10. The van der Waals surface area contributed by atoms with E-state index in [9.17, 15) is 0 Å². The molecule has 0 saturated carbocycles. The molecule has 148 valence electrons. The van der Waals surface area contributed by atoms with Gasteiger partial charge in [0, 0.05) is 11.8 Å². The first-order valence-corrected chi connectivity index (χ1v) is 10.7. The van der Waals surface area contributed by atoms with Crippen LogP contribution in [0.25, 0.3) is 0 Å². The first-order chi connectivity index (χ1) is 13.0. The summed E-state index contributed by atoms with van der Waals surface area (Å²) in [4.78, 5) is 0. The Hall–Kier alpha value is -1.60. The fraction of sp³-hybridized carbons (Fsp3) is 0.538. The molecule has 4 unspecified atom stereocenters. The van der Waals surface area contributed by atoms with E-state index >= 15 is 0 Å². The molecule has 0 aliphatic carbocycles. The zero-order valence-corrected chi connectivity index (χ0v) is 18.2.